The van der Waals surface area contributed by atoms with Crippen LogP contribution >= 0.6 is 22.7 Å². The summed E-state index contributed by atoms with van der Waals surface area (Å²) in [6.07, 6.45) is 0. The molecular formula is C50H28S2. The van der Waals surface area contributed by atoms with Crippen LogP contribution < -0.4 is 0 Å². The summed E-state index contributed by atoms with van der Waals surface area (Å²) in [5.41, 5.74) is 5.13. The summed E-state index contributed by atoms with van der Waals surface area (Å²) in [5.74, 6) is 0. The van der Waals surface area contributed by atoms with Crippen LogP contribution in [-0.4, -0.2) is 0 Å². The Labute approximate surface area is 307 Å². The van der Waals surface area contributed by atoms with Crippen molar-refractivity contribution < 1.29 is 0 Å². The van der Waals surface area contributed by atoms with Crippen LogP contribution in [0.5, 0.6) is 0 Å². The van der Waals surface area contributed by atoms with Gasteiger partial charge in [0.2, 0.25) is 0 Å². The van der Waals surface area contributed by atoms with E-state index < -0.39 is 0 Å². The molecule has 2 aromatic heterocycles. The van der Waals surface area contributed by atoms with Crippen molar-refractivity contribution in [1.29, 1.82) is 0 Å². The average Bonchev–Trinajstić information content (AvgIpc) is 3.74. The smallest absolute Gasteiger partial charge is 0.0361 e. The van der Waals surface area contributed by atoms with E-state index in [0.717, 1.165) is 0 Å². The third-order valence-corrected chi connectivity index (χ3v) is 13.4. The van der Waals surface area contributed by atoms with Gasteiger partial charge in [-0.3, -0.25) is 0 Å². The fraction of sp³-hybridized carbons (Fsp3) is 0. The van der Waals surface area contributed by atoms with Gasteiger partial charge in [0.05, 0.1) is 0 Å². The van der Waals surface area contributed by atoms with Gasteiger partial charge in [-0.05, 0) is 125 Å². The zero-order valence-electron chi connectivity index (χ0n) is 28.0. The summed E-state index contributed by atoms with van der Waals surface area (Å²) in [6.45, 7) is 0. The summed E-state index contributed by atoms with van der Waals surface area (Å²) in [7, 11) is 0. The Balaban J connectivity index is 1.19. The lowest BCUT2D eigenvalue weighted by Crippen LogP contribution is -1.92. The highest BCUT2D eigenvalue weighted by Crippen LogP contribution is 2.49. The zero-order valence-corrected chi connectivity index (χ0v) is 29.6. The topological polar surface area (TPSA) is 0 Å². The zero-order chi connectivity index (χ0) is 33.9. The van der Waals surface area contributed by atoms with E-state index in [1.807, 2.05) is 22.7 Å². The highest BCUT2D eigenvalue weighted by molar-refractivity contribution is 7.26. The minimum absolute atomic E-state index is 1.26. The van der Waals surface area contributed by atoms with E-state index in [1.54, 1.807) is 0 Å². The van der Waals surface area contributed by atoms with E-state index >= 15 is 0 Å². The Kier molecular flexibility index (Phi) is 5.90. The molecule has 2 heteroatoms. The van der Waals surface area contributed by atoms with Crippen LogP contribution in [0.2, 0.25) is 0 Å². The van der Waals surface area contributed by atoms with Crippen molar-refractivity contribution in [3.05, 3.63) is 170 Å². The molecule has 0 amide bonds. The second kappa shape index (κ2) is 10.7. The number of thiophene rings is 2. The van der Waals surface area contributed by atoms with Gasteiger partial charge in [0.1, 0.15) is 0 Å². The van der Waals surface area contributed by atoms with Gasteiger partial charge in [-0.2, -0.15) is 0 Å². The van der Waals surface area contributed by atoms with Crippen LogP contribution in [0.4, 0.5) is 0 Å². The molecule has 0 fully saturated rings. The highest BCUT2D eigenvalue weighted by Gasteiger charge is 2.20. The summed E-state index contributed by atoms with van der Waals surface area (Å²) in [6, 6.07) is 63.9. The van der Waals surface area contributed by atoms with Crippen LogP contribution in [0.15, 0.2) is 170 Å². The molecule has 0 aliphatic carbocycles. The molecule has 0 saturated carbocycles. The SMILES string of the molecule is c1ccc2cc3c(cc2c1)sc1ccc(-c2c4ccccc4c(-c4ccc5sc6cc7ccccc7cc6c5c4)c4c2ccc2ccccc24)cc13. The summed E-state index contributed by atoms with van der Waals surface area (Å²) >= 11 is 3.79. The Bertz CT molecular complexity index is 3470. The molecule has 10 aromatic carbocycles. The number of hydrogen-bond donors (Lipinski definition) is 0. The van der Waals surface area contributed by atoms with Crippen molar-refractivity contribution in [3.63, 3.8) is 0 Å². The molecule has 0 N–H and O–H groups in total. The quantitative estimate of drug-likeness (QED) is 0.125. The third-order valence-electron chi connectivity index (χ3n) is 11.2. The van der Waals surface area contributed by atoms with Crippen LogP contribution in [0.25, 0.3) is 116 Å². The Morgan fingerprint density at radius 2 is 0.692 bits per heavy atom. The standard InChI is InChI=1S/C50H28S2/c1-3-12-32-27-46-42(23-30(32)10-1)40-25-34(18-21-44(40)51-46)48-37-15-7-8-16-38(37)49(50-36-14-6-5-9-29(36)17-20-39(48)50)35-19-22-45-41(26-35)43-24-31-11-2-4-13-33(31)28-47(43)52-45/h1-28H. The Morgan fingerprint density at radius 3 is 1.27 bits per heavy atom. The van der Waals surface area contributed by atoms with Gasteiger partial charge in [-0.15, -0.1) is 22.7 Å². The molecule has 0 bridgehead atoms. The lowest BCUT2D eigenvalue weighted by molar-refractivity contribution is 1.71. The van der Waals surface area contributed by atoms with Gasteiger partial charge in [-0.25, -0.2) is 0 Å². The van der Waals surface area contributed by atoms with Crippen molar-refractivity contribution in [2.75, 3.05) is 0 Å². The van der Waals surface area contributed by atoms with E-state index in [1.165, 1.54) is 116 Å². The van der Waals surface area contributed by atoms with Gasteiger partial charge in [-0.1, -0.05) is 121 Å². The molecule has 0 unspecified atom stereocenters. The minimum Gasteiger partial charge on any atom is -0.135 e. The highest BCUT2D eigenvalue weighted by atomic mass is 32.1. The first-order valence-electron chi connectivity index (χ1n) is 17.8. The lowest BCUT2D eigenvalue weighted by atomic mass is 9.83. The molecule has 240 valence electrons. The molecule has 0 saturated heterocycles. The molecule has 52 heavy (non-hydrogen) atoms. The van der Waals surface area contributed by atoms with Gasteiger partial charge < -0.3 is 0 Å². The molecule has 0 spiro atoms. The summed E-state index contributed by atoms with van der Waals surface area (Å²) in [5, 5.41) is 18.2. The van der Waals surface area contributed by atoms with E-state index in [-0.39, 0.29) is 0 Å². The van der Waals surface area contributed by atoms with Crippen LogP contribution in [0, 0.1) is 0 Å². The lowest BCUT2D eigenvalue weighted by Gasteiger charge is -2.19. The first-order chi connectivity index (χ1) is 25.7. The predicted octanol–water partition coefficient (Wildman–Crippen LogP) is 15.5. The van der Waals surface area contributed by atoms with E-state index in [2.05, 4.69) is 170 Å². The normalized spacial score (nSPS) is 12.2. The fourth-order valence-corrected chi connectivity index (χ4v) is 11.0. The predicted molar refractivity (Wildman–Crippen MR) is 231 cm³/mol. The van der Waals surface area contributed by atoms with Crippen molar-refractivity contribution in [2.45, 2.75) is 0 Å². The van der Waals surface area contributed by atoms with Crippen LogP contribution in [0.3, 0.4) is 0 Å². The van der Waals surface area contributed by atoms with Gasteiger partial charge in [0.15, 0.2) is 0 Å². The maximum absolute atomic E-state index is 2.46. The van der Waals surface area contributed by atoms with Crippen LogP contribution in [0.1, 0.15) is 0 Å². The first kappa shape index (κ1) is 28.6. The summed E-state index contributed by atoms with van der Waals surface area (Å²) < 4.78 is 5.33. The molecule has 0 aliphatic heterocycles. The molecule has 12 rings (SSSR count). The molecule has 0 atom stereocenters. The second-order valence-electron chi connectivity index (χ2n) is 14.0. The maximum atomic E-state index is 2.46. The molecule has 0 radical (unpaired) electrons. The molecule has 0 nitrogen and oxygen atoms in total. The van der Waals surface area contributed by atoms with Crippen molar-refractivity contribution in [1.82, 2.24) is 0 Å². The number of fused-ring (bicyclic) bond motifs is 12. The van der Waals surface area contributed by atoms with Gasteiger partial charge in [0.25, 0.3) is 0 Å². The summed E-state index contributed by atoms with van der Waals surface area (Å²) in [4.78, 5) is 0. The monoisotopic (exact) mass is 692 g/mol. The number of benzene rings is 10. The maximum Gasteiger partial charge on any atom is 0.0361 e. The number of rotatable bonds is 2. The van der Waals surface area contributed by atoms with E-state index in [9.17, 15) is 0 Å². The molecule has 0 aliphatic rings. The van der Waals surface area contributed by atoms with Crippen molar-refractivity contribution in [2.24, 2.45) is 0 Å². The van der Waals surface area contributed by atoms with Gasteiger partial charge in [0, 0.05) is 40.3 Å². The second-order valence-corrected chi connectivity index (χ2v) is 16.2. The number of hydrogen-bond acceptors (Lipinski definition) is 2. The van der Waals surface area contributed by atoms with Crippen LogP contribution in [-0.2, 0) is 0 Å². The fourth-order valence-electron chi connectivity index (χ4n) is 8.79. The molecule has 12 aromatic rings. The third kappa shape index (κ3) is 4.08. The Morgan fingerprint density at radius 1 is 0.250 bits per heavy atom. The average molecular weight is 693 g/mol. The van der Waals surface area contributed by atoms with Crippen molar-refractivity contribution in [3.8, 4) is 22.3 Å². The van der Waals surface area contributed by atoms with Gasteiger partial charge >= 0.3 is 0 Å². The van der Waals surface area contributed by atoms with E-state index in [4.69, 9.17) is 0 Å². The Hall–Kier alpha value is -6.06. The van der Waals surface area contributed by atoms with Crippen molar-refractivity contribution >= 4 is 117 Å². The first-order valence-corrected chi connectivity index (χ1v) is 19.5. The largest absolute Gasteiger partial charge is 0.135 e. The molecule has 2 heterocycles. The minimum atomic E-state index is 1.26. The molecular weight excluding hydrogens is 665 g/mol. The van der Waals surface area contributed by atoms with E-state index in [0.29, 0.717) is 0 Å².